The molecule has 0 unspecified atom stereocenters. The first-order chi connectivity index (χ1) is 21.8. The second-order valence-corrected chi connectivity index (χ2v) is 13.9. The lowest BCUT2D eigenvalue weighted by Gasteiger charge is -2.40. The molecule has 2 aromatic carbocycles. The molecule has 12 heteroatoms. The molecule has 5 rings (SSSR count). The molecule has 4 aromatic rings. The minimum Gasteiger partial charge on any atom is -0.496 e. The molecule has 46 heavy (non-hydrogen) atoms. The van der Waals surface area contributed by atoms with Crippen LogP contribution in [0.3, 0.4) is 0 Å². The number of amides is 2. The molecule has 2 aromatic heterocycles. The number of thiophene rings is 1. The van der Waals surface area contributed by atoms with E-state index in [1.54, 1.807) is 36.2 Å². The zero-order valence-electron chi connectivity index (χ0n) is 26.4. The number of ether oxygens (including phenoxy) is 2. The molecular formula is C34H37ClF2N4O4S. The Hall–Kier alpha value is -3.96. The number of hydrogen-bond donors (Lipinski definition) is 1. The van der Waals surface area contributed by atoms with Crippen LogP contribution in [-0.4, -0.2) is 58.6 Å². The SMILES string of the molecule is COc1ccc(-c2ccc(N)nc2)cc1CN(C(=O)c1sc2c(F)ccc(F)c2c1Cl)[C@H]1CC[C@H](N(C)C(=O)OC(C)(C)C)CC1. The zero-order valence-corrected chi connectivity index (χ0v) is 28.0. The number of fused-ring (bicyclic) bond motifs is 1. The quantitative estimate of drug-likeness (QED) is 0.212. The number of pyridine rings is 1. The van der Waals surface area contributed by atoms with Crippen LogP contribution in [0.2, 0.25) is 5.02 Å². The third-order valence-electron chi connectivity index (χ3n) is 8.21. The van der Waals surface area contributed by atoms with Gasteiger partial charge in [-0.05, 0) is 88.4 Å². The minimum absolute atomic E-state index is 0.00794. The number of nitrogens with two attached hydrogens (primary N) is 1. The average molecular weight is 671 g/mol. The van der Waals surface area contributed by atoms with Crippen molar-refractivity contribution in [1.29, 1.82) is 0 Å². The maximum Gasteiger partial charge on any atom is 0.410 e. The topological polar surface area (TPSA) is 98.0 Å². The van der Waals surface area contributed by atoms with Gasteiger partial charge in [-0.2, -0.15) is 0 Å². The van der Waals surface area contributed by atoms with Crippen LogP contribution in [0.1, 0.15) is 61.7 Å². The number of carbonyl (C=O) groups is 2. The van der Waals surface area contributed by atoms with Gasteiger partial charge in [-0.25, -0.2) is 18.6 Å². The van der Waals surface area contributed by atoms with Gasteiger partial charge in [0, 0.05) is 43.0 Å². The number of anilines is 1. The number of hydrogen-bond acceptors (Lipinski definition) is 7. The van der Waals surface area contributed by atoms with Gasteiger partial charge in [-0.3, -0.25) is 4.79 Å². The van der Waals surface area contributed by atoms with Gasteiger partial charge >= 0.3 is 6.09 Å². The number of benzene rings is 2. The normalized spacial score (nSPS) is 16.7. The molecule has 2 heterocycles. The van der Waals surface area contributed by atoms with Crippen molar-refractivity contribution in [2.45, 2.75) is 70.7 Å². The highest BCUT2D eigenvalue weighted by Gasteiger charge is 2.35. The van der Waals surface area contributed by atoms with Crippen molar-refractivity contribution < 1.29 is 27.8 Å². The molecule has 1 saturated carbocycles. The van der Waals surface area contributed by atoms with Gasteiger partial charge in [0.15, 0.2) is 0 Å². The lowest BCUT2D eigenvalue weighted by Crippen LogP contribution is -2.47. The molecule has 1 aliphatic rings. The van der Waals surface area contributed by atoms with Crippen LogP contribution in [0.5, 0.6) is 5.75 Å². The number of halogens is 3. The lowest BCUT2D eigenvalue weighted by atomic mass is 9.89. The number of aromatic nitrogens is 1. The fraction of sp³-hybridized carbons (Fsp3) is 0.382. The monoisotopic (exact) mass is 670 g/mol. The summed E-state index contributed by atoms with van der Waals surface area (Å²) in [4.78, 5) is 34.7. The summed E-state index contributed by atoms with van der Waals surface area (Å²) < 4.78 is 40.8. The van der Waals surface area contributed by atoms with Gasteiger partial charge in [0.25, 0.3) is 5.91 Å². The van der Waals surface area contributed by atoms with E-state index in [1.807, 2.05) is 45.0 Å². The highest BCUT2D eigenvalue weighted by molar-refractivity contribution is 7.21. The molecule has 0 aliphatic heterocycles. The predicted molar refractivity (Wildman–Crippen MR) is 177 cm³/mol. The molecule has 244 valence electrons. The van der Waals surface area contributed by atoms with E-state index in [1.165, 1.54) is 0 Å². The van der Waals surface area contributed by atoms with Crippen LogP contribution < -0.4 is 10.5 Å². The standard InChI is InChI=1S/C34H37ClF2N4O4S/c1-34(2,3)45-33(43)40(4)22-8-10-23(11-9-22)41(32(42)31-29(35)28-24(36)12-13-25(37)30(28)46-31)18-21-16-19(6-14-26(21)44-5)20-7-15-27(38)39-17-20/h6-7,12-17,22-23H,8-11,18H2,1-5H3,(H2,38,39)/t22-,23-. The van der Waals surface area contributed by atoms with Crippen LogP contribution >= 0.6 is 22.9 Å². The summed E-state index contributed by atoms with van der Waals surface area (Å²) in [6.07, 6.45) is 3.69. The van der Waals surface area contributed by atoms with E-state index in [0.717, 1.165) is 40.2 Å². The summed E-state index contributed by atoms with van der Waals surface area (Å²) in [7, 11) is 3.28. The minimum atomic E-state index is -0.694. The van der Waals surface area contributed by atoms with Gasteiger partial charge < -0.3 is 25.0 Å². The second-order valence-electron chi connectivity index (χ2n) is 12.5. The highest BCUT2D eigenvalue weighted by Crippen LogP contribution is 2.41. The molecule has 1 aliphatic carbocycles. The molecule has 8 nitrogen and oxygen atoms in total. The molecule has 0 saturated heterocycles. The van der Waals surface area contributed by atoms with Gasteiger partial charge in [0.2, 0.25) is 0 Å². The van der Waals surface area contributed by atoms with Crippen molar-refractivity contribution in [3.63, 3.8) is 0 Å². The number of nitrogen functional groups attached to an aromatic ring is 1. The number of nitrogens with zero attached hydrogens (tertiary/aromatic N) is 3. The Labute approximate surface area is 276 Å². The molecule has 0 spiro atoms. The fourth-order valence-electron chi connectivity index (χ4n) is 5.81. The Kier molecular flexibility index (Phi) is 9.74. The summed E-state index contributed by atoms with van der Waals surface area (Å²) >= 11 is 7.44. The van der Waals surface area contributed by atoms with Gasteiger partial charge in [0.05, 0.1) is 22.2 Å². The highest BCUT2D eigenvalue weighted by atomic mass is 35.5. The van der Waals surface area contributed by atoms with Crippen LogP contribution in [0.15, 0.2) is 48.7 Å². The summed E-state index contributed by atoms with van der Waals surface area (Å²) in [6, 6.07) is 10.9. The van der Waals surface area contributed by atoms with Gasteiger partial charge in [0.1, 0.15) is 33.7 Å². The van der Waals surface area contributed by atoms with E-state index in [4.69, 9.17) is 26.8 Å². The average Bonchev–Trinajstić information content (AvgIpc) is 3.38. The van der Waals surface area contributed by atoms with E-state index >= 15 is 0 Å². The van der Waals surface area contributed by atoms with E-state index in [0.29, 0.717) is 37.3 Å². The molecule has 0 bridgehead atoms. The Morgan fingerprint density at radius 3 is 2.28 bits per heavy atom. The molecule has 0 radical (unpaired) electrons. The van der Waals surface area contributed by atoms with Crippen molar-refractivity contribution in [2.24, 2.45) is 0 Å². The molecule has 2 N–H and O–H groups in total. The number of rotatable bonds is 7. The first-order valence-electron chi connectivity index (χ1n) is 15.0. The molecular weight excluding hydrogens is 634 g/mol. The summed E-state index contributed by atoms with van der Waals surface area (Å²) in [5.74, 6) is -0.805. The Bertz CT molecular complexity index is 1750. The first kappa shape index (κ1) is 33.4. The maximum absolute atomic E-state index is 14.8. The summed E-state index contributed by atoms with van der Waals surface area (Å²) in [5.41, 5.74) is 7.58. The van der Waals surface area contributed by atoms with Crippen LogP contribution in [0.4, 0.5) is 19.4 Å². The van der Waals surface area contributed by atoms with Gasteiger partial charge in [-0.15, -0.1) is 11.3 Å². The first-order valence-corrected chi connectivity index (χ1v) is 16.2. The van der Waals surface area contributed by atoms with Crippen molar-refractivity contribution in [2.75, 3.05) is 19.9 Å². The summed E-state index contributed by atoms with van der Waals surface area (Å²) in [5, 5.41) is -0.216. The maximum atomic E-state index is 14.8. The third kappa shape index (κ3) is 7.05. The van der Waals surface area contributed by atoms with Crippen molar-refractivity contribution in [1.82, 2.24) is 14.8 Å². The number of carbonyl (C=O) groups excluding carboxylic acids is 2. The van der Waals surface area contributed by atoms with Crippen molar-refractivity contribution in [3.05, 3.63) is 75.8 Å². The van der Waals surface area contributed by atoms with Crippen molar-refractivity contribution >= 4 is 50.8 Å². The van der Waals surface area contributed by atoms with E-state index in [9.17, 15) is 18.4 Å². The van der Waals surface area contributed by atoms with Crippen LogP contribution in [0, 0.1) is 11.6 Å². The van der Waals surface area contributed by atoms with Crippen LogP contribution in [-0.2, 0) is 11.3 Å². The Morgan fingerprint density at radius 1 is 1.02 bits per heavy atom. The third-order valence-corrected chi connectivity index (χ3v) is 9.89. The second kappa shape index (κ2) is 13.4. The zero-order chi connectivity index (χ0) is 33.3. The van der Waals surface area contributed by atoms with E-state index in [2.05, 4.69) is 4.98 Å². The van der Waals surface area contributed by atoms with E-state index in [-0.39, 0.29) is 38.6 Å². The number of methoxy groups -OCH3 is 1. The molecule has 2 amide bonds. The Morgan fingerprint density at radius 2 is 1.67 bits per heavy atom. The van der Waals surface area contributed by atoms with Crippen LogP contribution in [0.25, 0.3) is 21.2 Å². The van der Waals surface area contributed by atoms with Crippen molar-refractivity contribution in [3.8, 4) is 16.9 Å². The Balaban J connectivity index is 1.49. The molecule has 1 fully saturated rings. The van der Waals surface area contributed by atoms with E-state index < -0.39 is 29.2 Å². The lowest BCUT2D eigenvalue weighted by molar-refractivity contribution is 0.0144. The fourth-order valence-corrected chi connectivity index (χ4v) is 7.32. The largest absolute Gasteiger partial charge is 0.496 e. The smallest absolute Gasteiger partial charge is 0.410 e. The summed E-state index contributed by atoms with van der Waals surface area (Å²) in [6.45, 7) is 5.61. The molecule has 0 atom stereocenters. The predicted octanol–water partition coefficient (Wildman–Crippen LogP) is 8.31. The van der Waals surface area contributed by atoms with Gasteiger partial charge in [-0.1, -0.05) is 17.7 Å².